The summed E-state index contributed by atoms with van der Waals surface area (Å²) in [6, 6.07) is 21.4. The highest BCUT2D eigenvalue weighted by molar-refractivity contribution is 7.89. The normalized spacial score (nSPS) is 12.2. The zero-order chi connectivity index (χ0) is 24.0. The molecule has 0 heterocycles. The van der Waals surface area contributed by atoms with E-state index in [-0.39, 0.29) is 28.8 Å². The van der Waals surface area contributed by atoms with E-state index in [1.807, 2.05) is 19.1 Å². The third-order valence-corrected chi connectivity index (χ3v) is 6.52. The van der Waals surface area contributed by atoms with Gasteiger partial charge >= 0.3 is 0 Å². The molecule has 0 fully saturated rings. The molecule has 0 aliphatic rings. The number of hydrogen-bond donors (Lipinski definition) is 3. The number of carbonyl (C=O) groups is 2. The number of hydrogen-bond acceptors (Lipinski definition) is 4. The van der Waals surface area contributed by atoms with Crippen LogP contribution in [0, 0.1) is 0 Å². The number of amides is 2. The molecule has 3 aromatic carbocycles. The van der Waals surface area contributed by atoms with Crippen molar-refractivity contribution in [3.63, 3.8) is 0 Å². The molecule has 3 N–H and O–H groups in total. The molecule has 0 saturated carbocycles. The summed E-state index contributed by atoms with van der Waals surface area (Å²) in [5, 5.41) is 5.76. The number of carbonyl (C=O) groups excluding carboxylic acids is 2. The molecule has 0 spiro atoms. The van der Waals surface area contributed by atoms with Crippen LogP contribution in [0.2, 0.25) is 0 Å². The average molecular weight is 466 g/mol. The van der Waals surface area contributed by atoms with Crippen molar-refractivity contribution < 1.29 is 18.0 Å². The third kappa shape index (κ3) is 6.50. The van der Waals surface area contributed by atoms with E-state index in [1.54, 1.807) is 56.3 Å². The lowest BCUT2D eigenvalue weighted by Gasteiger charge is -2.16. The van der Waals surface area contributed by atoms with Gasteiger partial charge in [0.25, 0.3) is 11.8 Å². The summed E-state index contributed by atoms with van der Waals surface area (Å²) in [5.74, 6) is -0.548. The SMILES string of the molecule is CC(C)NS(=O)(=O)c1ccc(C(=O)NC(C)c2cccc(NC(=O)c3ccccc3)c2)cc1. The lowest BCUT2D eigenvalue weighted by Crippen LogP contribution is -2.30. The van der Waals surface area contributed by atoms with Gasteiger partial charge in [-0.15, -0.1) is 0 Å². The van der Waals surface area contributed by atoms with Crippen LogP contribution in [-0.4, -0.2) is 26.3 Å². The monoisotopic (exact) mass is 465 g/mol. The predicted octanol–water partition coefficient (Wildman–Crippen LogP) is 4.12. The Morgan fingerprint density at radius 1 is 0.758 bits per heavy atom. The van der Waals surface area contributed by atoms with Gasteiger partial charge in [-0.2, -0.15) is 0 Å². The minimum Gasteiger partial charge on any atom is -0.346 e. The quantitative estimate of drug-likeness (QED) is 0.465. The van der Waals surface area contributed by atoms with E-state index in [0.717, 1.165) is 5.56 Å². The van der Waals surface area contributed by atoms with Gasteiger partial charge in [0.2, 0.25) is 10.0 Å². The van der Waals surface area contributed by atoms with Crippen molar-refractivity contribution in [3.05, 3.63) is 95.6 Å². The first-order valence-electron chi connectivity index (χ1n) is 10.6. The maximum atomic E-state index is 12.7. The Balaban J connectivity index is 1.66. The highest BCUT2D eigenvalue weighted by Crippen LogP contribution is 2.19. The molecular weight excluding hydrogens is 438 g/mol. The highest BCUT2D eigenvalue weighted by Gasteiger charge is 2.17. The van der Waals surface area contributed by atoms with E-state index in [2.05, 4.69) is 15.4 Å². The molecule has 0 saturated heterocycles. The van der Waals surface area contributed by atoms with Crippen molar-refractivity contribution in [2.75, 3.05) is 5.32 Å². The van der Waals surface area contributed by atoms with Crippen LogP contribution in [0.5, 0.6) is 0 Å². The average Bonchev–Trinajstić information content (AvgIpc) is 2.79. The summed E-state index contributed by atoms with van der Waals surface area (Å²) in [6.07, 6.45) is 0. The van der Waals surface area contributed by atoms with Crippen LogP contribution in [0.15, 0.2) is 83.8 Å². The molecule has 0 bridgehead atoms. The van der Waals surface area contributed by atoms with E-state index < -0.39 is 10.0 Å². The van der Waals surface area contributed by atoms with E-state index in [0.29, 0.717) is 16.8 Å². The summed E-state index contributed by atoms with van der Waals surface area (Å²) >= 11 is 0. The lowest BCUT2D eigenvalue weighted by atomic mass is 10.1. The second-order valence-corrected chi connectivity index (χ2v) is 9.66. The van der Waals surface area contributed by atoms with Gasteiger partial charge in [0, 0.05) is 22.9 Å². The van der Waals surface area contributed by atoms with Gasteiger partial charge in [-0.3, -0.25) is 9.59 Å². The first-order chi connectivity index (χ1) is 15.7. The first-order valence-corrected chi connectivity index (χ1v) is 12.0. The van der Waals surface area contributed by atoms with Crippen LogP contribution in [0.3, 0.4) is 0 Å². The Hall–Kier alpha value is -3.49. The molecule has 0 aromatic heterocycles. The van der Waals surface area contributed by atoms with Gasteiger partial charge in [0.1, 0.15) is 0 Å². The molecule has 0 aliphatic carbocycles. The number of sulfonamides is 1. The molecular formula is C25H27N3O4S. The van der Waals surface area contributed by atoms with Crippen molar-refractivity contribution in [2.24, 2.45) is 0 Å². The molecule has 172 valence electrons. The number of benzene rings is 3. The smallest absolute Gasteiger partial charge is 0.255 e. The number of anilines is 1. The molecule has 8 heteroatoms. The van der Waals surface area contributed by atoms with Crippen molar-refractivity contribution >= 4 is 27.5 Å². The summed E-state index contributed by atoms with van der Waals surface area (Å²) in [5.41, 5.74) is 2.33. The Morgan fingerprint density at radius 2 is 1.39 bits per heavy atom. The van der Waals surface area contributed by atoms with Gasteiger partial charge in [-0.1, -0.05) is 30.3 Å². The zero-order valence-electron chi connectivity index (χ0n) is 18.7. The molecule has 0 aliphatic heterocycles. The number of rotatable bonds is 8. The van der Waals surface area contributed by atoms with E-state index in [9.17, 15) is 18.0 Å². The van der Waals surface area contributed by atoms with Gasteiger partial charge in [0.05, 0.1) is 10.9 Å². The summed E-state index contributed by atoms with van der Waals surface area (Å²) < 4.78 is 27.0. The third-order valence-electron chi connectivity index (χ3n) is 4.85. The largest absolute Gasteiger partial charge is 0.346 e. The topological polar surface area (TPSA) is 104 Å². The van der Waals surface area contributed by atoms with Crippen LogP contribution in [0.1, 0.15) is 53.1 Å². The highest BCUT2D eigenvalue weighted by atomic mass is 32.2. The Kier molecular flexibility index (Phi) is 7.63. The Labute approximate surface area is 194 Å². The van der Waals surface area contributed by atoms with Crippen molar-refractivity contribution in [1.82, 2.24) is 10.0 Å². The fraction of sp³-hybridized carbons (Fsp3) is 0.200. The Morgan fingerprint density at radius 3 is 2.03 bits per heavy atom. The van der Waals surface area contributed by atoms with Crippen LogP contribution in [-0.2, 0) is 10.0 Å². The van der Waals surface area contributed by atoms with E-state index in [4.69, 9.17) is 0 Å². The molecule has 1 unspecified atom stereocenters. The molecule has 3 rings (SSSR count). The molecule has 3 aromatic rings. The molecule has 33 heavy (non-hydrogen) atoms. The van der Waals surface area contributed by atoms with Crippen LogP contribution >= 0.6 is 0 Å². The van der Waals surface area contributed by atoms with Gasteiger partial charge in [-0.05, 0) is 74.9 Å². The zero-order valence-corrected chi connectivity index (χ0v) is 19.5. The lowest BCUT2D eigenvalue weighted by molar-refractivity contribution is 0.0939. The van der Waals surface area contributed by atoms with Gasteiger partial charge in [0.15, 0.2) is 0 Å². The fourth-order valence-electron chi connectivity index (χ4n) is 3.21. The van der Waals surface area contributed by atoms with E-state index >= 15 is 0 Å². The Bertz CT molecular complexity index is 1220. The van der Waals surface area contributed by atoms with E-state index in [1.165, 1.54) is 24.3 Å². The number of nitrogens with one attached hydrogen (secondary N) is 3. The van der Waals surface area contributed by atoms with Crippen LogP contribution in [0.4, 0.5) is 5.69 Å². The van der Waals surface area contributed by atoms with Crippen molar-refractivity contribution in [3.8, 4) is 0 Å². The van der Waals surface area contributed by atoms with Crippen LogP contribution in [0.25, 0.3) is 0 Å². The van der Waals surface area contributed by atoms with Crippen LogP contribution < -0.4 is 15.4 Å². The van der Waals surface area contributed by atoms with Gasteiger partial charge in [-0.25, -0.2) is 13.1 Å². The second kappa shape index (κ2) is 10.4. The minimum absolute atomic E-state index is 0.0997. The molecule has 7 nitrogen and oxygen atoms in total. The second-order valence-electron chi connectivity index (χ2n) is 7.94. The maximum Gasteiger partial charge on any atom is 0.255 e. The predicted molar refractivity (Wildman–Crippen MR) is 129 cm³/mol. The molecule has 1 atom stereocenters. The van der Waals surface area contributed by atoms with Crippen molar-refractivity contribution in [2.45, 2.75) is 37.8 Å². The first kappa shape index (κ1) is 24.2. The fourth-order valence-corrected chi connectivity index (χ4v) is 4.46. The van der Waals surface area contributed by atoms with Gasteiger partial charge < -0.3 is 10.6 Å². The summed E-state index contributed by atoms with van der Waals surface area (Å²) in [6.45, 7) is 5.31. The standard InChI is InChI=1S/C25H27N3O4S/c1-17(2)28-33(31,32)23-14-12-20(13-15-23)24(29)26-18(3)21-10-7-11-22(16-21)27-25(30)19-8-5-4-6-9-19/h4-18,28H,1-3H3,(H,26,29)(H,27,30). The molecule has 2 amide bonds. The minimum atomic E-state index is -3.62. The van der Waals surface area contributed by atoms with Crippen molar-refractivity contribution in [1.29, 1.82) is 0 Å². The molecule has 0 radical (unpaired) electrons. The summed E-state index contributed by atoms with van der Waals surface area (Å²) in [4.78, 5) is 25.2. The summed E-state index contributed by atoms with van der Waals surface area (Å²) in [7, 11) is -3.62. The maximum absolute atomic E-state index is 12.7.